The van der Waals surface area contributed by atoms with E-state index in [0.29, 0.717) is 29.5 Å². The van der Waals surface area contributed by atoms with Crippen LogP contribution in [0.25, 0.3) is 0 Å². The molecule has 0 saturated heterocycles. The van der Waals surface area contributed by atoms with Crippen LogP contribution in [0.3, 0.4) is 0 Å². The molecule has 0 bridgehead atoms. The zero-order valence-corrected chi connectivity index (χ0v) is 24.4. The van der Waals surface area contributed by atoms with Crippen molar-refractivity contribution in [3.8, 4) is 0 Å². The Bertz CT molecular complexity index is 922. The van der Waals surface area contributed by atoms with Crippen molar-refractivity contribution in [1.82, 2.24) is 0 Å². The maximum Gasteiger partial charge on any atom is 0.303 e. The molecule has 3 saturated carbocycles. The van der Waals surface area contributed by atoms with Gasteiger partial charge in [-0.25, -0.2) is 0 Å². The first-order valence-electron chi connectivity index (χ1n) is 14.8. The molecule has 5 heteroatoms. The van der Waals surface area contributed by atoms with Gasteiger partial charge in [0.25, 0.3) is 0 Å². The van der Waals surface area contributed by atoms with Crippen LogP contribution in [0.1, 0.15) is 100 Å². The molecule has 0 aliphatic heterocycles. The Morgan fingerprint density at radius 2 is 1.51 bits per heavy atom. The lowest BCUT2D eigenvalue weighted by Crippen LogP contribution is -2.56. The second kappa shape index (κ2) is 10.5. The quantitative estimate of drug-likeness (QED) is 0.277. The first-order valence-corrected chi connectivity index (χ1v) is 14.8. The molecule has 4 aliphatic rings. The van der Waals surface area contributed by atoms with E-state index >= 15 is 0 Å². The van der Waals surface area contributed by atoms with Gasteiger partial charge in [-0.05, 0) is 84.9 Å². The number of rotatable bonds is 7. The van der Waals surface area contributed by atoms with Crippen molar-refractivity contribution in [2.75, 3.05) is 0 Å². The van der Waals surface area contributed by atoms with Crippen molar-refractivity contribution in [2.24, 2.45) is 58.2 Å². The van der Waals surface area contributed by atoms with Crippen molar-refractivity contribution >= 4 is 17.7 Å². The molecule has 0 N–H and O–H groups in total. The second-order valence-electron chi connectivity index (χ2n) is 13.9. The summed E-state index contributed by atoms with van der Waals surface area (Å²) in [5, 5.41) is 0. The molecule has 0 heterocycles. The average molecular weight is 515 g/mol. The van der Waals surface area contributed by atoms with Gasteiger partial charge in [-0.3, -0.25) is 14.4 Å². The maximum atomic E-state index is 13.4. The smallest absolute Gasteiger partial charge is 0.303 e. The highest BCUT2D eigenvalue weighted by Crippen LogP contribution is 2.67. The normalized spacial score (nSPS) is 40.1. The molecule has 0 amide bonds. The molecule has 3 fully saturated rings. The van der Waals surface area contributed by atoms with Crippen molar-refractivity contribution in [2.45, 2.75) is 113 Å². The van der Waals surface area contributed by atoms with Gasteiger partial charge in [-0.2, -0.15) is 0 Å². The highest BCUT2D eigenvalue weighted by atomic mass is 16.6. The summed E-state index contributed by atoms with van der Waals surface area (Å²) in [4.78, 5) is 37.9. The van der Waals surface area contributed by atoms with Crippen LogP contribution in [0, 0.1) is 58.2 Å². The number of ketones is 1. The molecule has 4 aliphatic carbocycles. The minimum absolute atomic E-state index is 0.0567. The number of carbonyl (C=O) groups is 3. The molecule has 37 heavy (non-hydrogen) atoms. The Hall–Kier alpha value is -1.65. The molecule has 0 aromatic carbocycles. The standard InChI is InChI=1S/C32H50O5/c1-18(2)19(3)29(36-21(5)33)30(37-22(6)34)20(4)24-12-13-25-23-17-28(35)27-11-9-10-15-31(27,7)26(23)14-16-32(24,25)8/h9-10,18-20,23-27,29-30H,11-17H2,1-8H3/t19-,20-,23-,24+,25-,26-,27+,29+,30+,31+,32+/m0/s1. The second-order valence-corrected chi connectivity index (χ2v) is 13.9. The largest absolute Gasteiger partial charge is 0.458 e. The molecule has 11 atom stereocenters. The summed E-state index contributed by atoms with van der Waals surface area (Å²) >= 11 is 0. The lowest BCUT2D eigenvalue weighted by molar-refractivity contribution is -0.181. The highest BCUT2D eigenvalue weighted by Gasteiger charge is 2.62. The minimum Gasteiger partial charge on any atom is -0.458 e. The van der Waals surface area contributed by atoms with Crippen LogP contribution < -0.4 is 0 Å². The Morgan fingerprint density at radius 3 is 2.14 bits per heavy atom. The van der Waals surface area contributed by atoms with Crippen LogP contribution >= 0.6 is 0 Å². The third kappa shape index (κ3) is 4.93. The van der Waals surface area contributed by atoms with Gasteiger partial charge in [0.05, 0.1) is 0 Å². The maximum absolute atomic E-state index is 13.4. The first-order chi connectivity index (χ1) is 17.3. The lowest BCUT2D eigenvalue weighted by atomic mass is 9.45. The van der Waals surface area contributed by atoms with E-state index in [9.17, 15) is 14.4 Å². The van der Waals surface area contributed by atoms with E-state index in [2.05, 4.69) is 53.7 Å². The van der Waals surface area contributed by atoms with Crippen LogP contribution in [0.15, 0.2) is 12.2 Å². The van der Waals surface area contributed by atoms with E-state index in [1.807, 2.05) is 0 Å². The van der Waals surface area contributed by atoms with Crippen LogP contribution in [-0.2, 0) is 23.9 Å². The summed E-state index contributed by atoms with van der Waals surface area (Å²) in [6.07, 6.45) is 10.8. The first kappa shape index (κ1) is 28.4. The van der Waals surface area contributed by atoms with Crippen LogP contribution in [-0.4, -0.2) is 29.9 Å². The van der Waals surface area contributed by atoms with Crippen molar-refractivity contribution in [3.63, 3.8) is 0 Å². The number of hydrogen-bond donors (Lipinski definition) is 0. The summed E-state index contributed by atoms with van der Waals surface area (Å²) < 4.78 is 11.9. The summed E-state index contributed by atoms with van der Waals surface area (Å²) in [5.41, 5.74) is 0.183. The van der Waals surface area contributed by atoms with E-state index in [1.165, 1.54) is 20.3 Å². The molecule has 0 aromatic rings. The fraction of sp³-hybridized carbons (Fsp3) is 0.844. The summed E-state index contributed by atoms with van der Waals surface area (Å²) in [6, 6.07) is 0. The highest BCUT2D eigenvalue weighted by molar-refractivity contribution is 5.83. The van der Waals surface area contributed by atoms with Gasteiger partial charge in [-0.1, -0.05) is 53.7 Å². The molecule has 0 radical (unpaired) electrons. The lowest BCUT2D eigenvalue weighted by Gasteiger charge is -2.59. The van der Waals surface area contributed by atoms with E-state index < -0.39 is 12.2 Å². The molecule has 0 spiro atoms. The molecule has 4 rings (SSSR count). The van der Waals surface area contributed by atoms with Crippen LogP contribution in [0.4, 0.5) is 0 Å². The predicted octanol–water partition coefficient (Wildman–Crippen LogP) is 6.78. The number of Topliss-reactive ketones (excluding diaryl/α,β-unsaturated/α-hetero) is 1. The molecular weight excluding hydrogens is 464 g/mol. The van der Waals surface area contributed by atoms with E-state index in [0.717, 1.165) is 38.5 Å². The Morgan fingerprint density at radius 1 is 0.892 bits per heavy atom. The van der Waals surface area contributed by atoms with E-state index in [1.54, 1.807) is 0 Å². The molecule has 0 unspecified atom stereocenters. The molecule has 5 nitrogen and oxygen atoms in total. The minimum atomic E-state index is -0.476. The fourth-order valence-corrected chi connectivity index (χ4v) is 9.50. The summed E-state index contributed by atoms with van der Waals surface area (Å²) in [5.74, 6) is 2.33. The molecule has 0 aromatic heterocycles. The SMILES string of the molecule is CC(=O)O[C@H]([C@@H](C)[C@H]1CC[C@H]2[C@@H]3CC(=O)[C@H]4CC=CC[C@]4(C)[C@H]3CC[C@]12C)[C@H](OC(C)=O)[C@@H](C)C(C)C. The van der Waals surface area contributed by atoms with Crippen molar-refractivity contribution in [1.29, 1.82) is 0 Å². The number of carbonyl (C=O) groups excluding carboxylic acids is 3. The monoisotopic (exact) mass is 514 g/mol. The van der Waals surface area contributed by atoms with Gasteiger partial charge in [0, 0.05) is 32.1 Å². The van der Waals surface area contributed by atoms with Crippen LogP contribution in [0.2, 0.25) is 0 Å². The van der Waals surface area contributed by atoms with E-state index in [-0.39, 0.29) is 46.4 Å². The van der Waals surface area contributed by atoms with Gasteiger partial charge in [0.2, 0.25) is 0 Å². The third-order valence-electron chi connectivity index (χ3n) is 11.7. The number of fused-ring (bicyclic) bond motifs is 5. The van der Waals surface area contributed by atoms with Crippen LogP contribution in [0.5, 0.6) is 0 Å². The molecule has 208 valence electrons. The van der Waals surface area contributed by atoms with Gasteiger partial charge in [-0.15, -0.1) is 0 Å². The number of esters is 2. The third-order valence-corrected chi connectivity index (χ3v) is 11.7. The zero-order chi connectivity index (χ0) is 27.3. The Balaban J connectivity index is 1.63. The van der Waals surface area contributed by atoms with Crippen molar-refractivity contribution < 1.29 is 23.9 Å². The van der Waals surface area contributed by atoms with Gasteiger partial charge in [0.15, 0.2) is 0 Å². The zero-order valence-electron chi connectivity index (χ0n) is 24.4. The number of allylic oxidation sites excluding steroid dienone is 2. The topological polar surface area (TPSA) is 69.7 Å². The van der Waals surface area contributed by atoms with Gasteiger partial charge >= 0.3 is 11.9 Å². The summed E-state index contributed by atoms with van der Waals surface area (Å²) in [7, 11) is 0. The van der Waals surface area contributed by atoms with Gasteiger partial charge < -0.3 is 9.47 Å². The number of ether oxygens (including phenoxy) is 2. The number of hydrogen-bond acceptors (Lipinski definition) is 5. The van der Waals surface area contributed by atoms with Gasteiger partial charge in [0.1, 0.15) is 18.0 Å². The van der Waals surface area contributed by atoms with E-state index in [4.69, 9.17) is 9.47 Å². The summed E-state index contributed by atoms with van der Waals surface area (Å²) in [6.45, 7) is 16.3. The average Bonchev–Trinajstić information content (AvgIpc) is 3.17. The molecular formula is C32H50O5. The predicted molar refractivity (Wildman–Crippen MR) is 144 cm³/mol. The fourth-order valence-electron chi connectivity index (χ4n) is 9.50. The Labute approximate surface area is 224 Å². The van der Waals surface area contributed by atoms with Crippen molar-refractivity contribution in [3.05, 3.63) is 12.2 Å². The Kier molecular flexibility index (Phi) is 8.04.